The van der Waals surface area contributed by atoms with E-state index in [1.807, 2.05) is 20.8 Å². The van der Waals surface area contributed by atoms with Gasteiger partial charge in [-0.05, 0) is 75.1 Å². The predicted molar refractivity (Wildman–Crippen MR) is 154 cm³/mol. The van der Waals surface area contributed by atoms with E-state index in [9.17, 15) is 31.2 Å². The van der Waals surface area contributed by atoms with Crippen LogP contribution in [0.25, 0.3) is 11.1 Å². The number of anilines is 1. The number of hydrogen-bond donors (Lipinski definition) is 3. The van der Waals surface area contributed by atoms with Crippen LogP contribution in [0.2, 0.25) is 0 Å². The number of likely N-dealkylation sites (tertiary alicyclic amines) is 1. The molecule has 0 radical (unpaired) electrons. The maximum absolute atomic E-state index is 14.0. The molecule has 42 heavy (non-hydrogen) atoms. The minimum Gasteiger partial charge on any atom is -0.339 e. The summed E-state index contributed by atoms with van der Waals surface area (Å²) in [5, 5.41) is 5.47. The van der Waals surface area contributed by atoms with Gasteiger partial charge in [0.1, 0.15) is 0 Å². The maximum atomic E-state index is 14.0. The number of amides is 3. The third kappa shape index (κ3) is 7.89. The lowest BCUT2D eigenvalue weighted by molar-refractivity contribution is -0.139. The molecular weight excluding hydrogens is 569 g/mol. The van der Waals surface area contributed by atoms with Crippen LogP contribution in [0.4, 0.5) is 23.7 Å². The molecule has 1 aliphatic heterocycles. The second-order valence-corrected chi connectivity index (χ2v) is 12.9. The molecule has 0 aromatic heterocycles. The number of piperidine rings is 1. The number of benzene rings is 3. The van der Waals surface area contributed by atoms with Gasteiger partial charge in [-0.1, -0.05) is 42.5 Å². The lowest BCUT2D eigenvalue weighted by Crippen LogP contribution is -2.46. The number of alkyl halides is 3. The molecular formula is C30H33F3N4O4S. The number of rotatable bonds is 6. The first-order valence-corrected chi connectivity index (χ1v) is 14.9. The van der Waals surface area contributed by atoms with Crippen molar-refractivity contribution < 1.29 is 31.2 Å². The molecule has 12 heteroatoms. The first kappa shape index (κ1) is 31.0. The highest BCUT2D eigenvalue weighted by Gasteiger charge is 2.38. The van der Waals surface area contributed by atoms with Crippen molar-refractivity contribution in [2.45, 2.75) is 56.3 Å². The third-order valence-corrected chi connectivity index (χ3v) is 8.22. The summed E-state index contributed by atoms with van der Waals surface area (Å²) in [6.45, 7) is 5.92. The van der Waals surface area contributed by atoms with Crippen molar-refractivity contribution >= 4 is 27.6 Å². The van der Waals surface area contributed by atoms with E-state index >= 15 is 0 Å². The monoisotopic (exact) mass is 602 g/mol. The summed E-state index contributed by atoms with van der Waals surface area (Å²) in [7, 11) is -4.51. The highest BCUT2D eigenvalue weighted by molar-refractivity contribution is 7.89. The van der Waals surface area contributed by atoms with E-state index in [-0.39, 0.29) is 37.4 Å². The van der Waals surface area contributed by atoms with E-state index in [0.717, 1.165) is 12.1 Å². The van der Waals surface area contributed by atoms with Gasteiger partial charge in [0, 0.05) is 35.9 Å². The molecule has 0 aliphatic carbocycles. The molecule has 8 nitrogen and oxygen atoms in total. The molecule has 3 amide bonds. The molecule has 1 fully saturated rings. The Bertz CT molecular complexity index is 1550. The van der Waals surface area contributed by atoms with Gasteiger partial charge in [0.25, 0.3) is 5.91 Å². The Kier molecular flexibility index (Phi) is 8.98. The van der Waals surface area contributed by atoms with Crippen molar-refractivity contribution in [1.82, 2.24) is 14.9 Å². The fraction of sp³-hybridized carbons (Fsp3) is 0.333. The number of nitrogens with one attached hydrogen (secondary N) is 3. The molecule has 0 unspecified atom stereocenters. The second kappa shape index (κ2) is 12.1. The molecule has 3 N–H and O–H groups in total. The van der Waals surface area contributed by atoms with Crippen LogP contribution in [0.5, 0.6) is 0 Å². The average molecular weight is 603 g/mol. The van der Waals surface area contributed by atoms with Crippen LogP contribution in [0.1, 0.15) is 49.5 Å². The van der Waals surface area contributed by atoms with Gasteiger partial charge < -0.3 is 15.5 Å². The molecule has 1 saturated heterocycles. The summed E-state index contributed by atoms with van der Waals surface area (Å²) in [6.07, 6.45) is -4.44. The second-order valence-electron chi connectivity index (χ2n) is 11.2. The highest BCUT2D eigenvalue weighted by atomic mass is 32.2. The normalized spacial score (nSPS) is 14.9. The highest BCUT2D eigenvalue weighted by Crippen LogP contribution is 2.37. The number of nitrogens with zero attached hydrogens (tertiary/aromatic N) is 1. The fourth-order valence-electron chi connectivity index (χ4n) is 4.69. The van der Waals surface area contributed by atoms with Gasteiger partial charge in [0.05, 0.1) is 10.5 Å². The lowest BCUT2D eigenvalue weighted by atomic mass is 10.0. The Morgan fingerprint density at radius 3 is 2.14 bits per heavy atom. The number of urea groups is 1. The fourth-order valence-corrected chi connectivity index (χ4v) is 6.21. The number of carbonyl (C=O) groups is 2. The smallest absolute Gasteiger partial charge is 0.339 e. The van der Waals surface area contributed by atoms with E-state index in [2.05, 4.69) is 15.4 Å². The summed E-state index contributed by atoms with van der Waals surface area (Å²) in [5.41, 5.74) is -0.119. The Balaban J connectivity index is 1.42. The van der Waals surface area contributed by atoms with Gasteiger partial charge >= 0.3 is 12.2 Å². The number of hydrogen-bond acceptors (Lipinski definition) is 4. The van der Waals surface area contributed by atoms with Crippen LogP contribution in [0.15, 0.2) is 77.7 Å². The summed E-state index contributed by atoms with van der Waals surface area (Å²) >= 11 is 0. The van der Waals surface area contributed by atoms with Gasteiger partial charge in [-0.3, -0.25) is 4.79 Å². The summed E-state index contributed by atoms with van der Waals surface area (Å²) < 4.78 is 70.6. The van der Waals surface area contributed by atoms with Crippen LogP contribution >= 0.6 is 0 Å². The third-order valence-electron chi connectivity index (χ3n) is 6.64. The summed E-state index contributed by atoms with van der Waals surface area (Å²) in [6, 6.07) is 17.0. The molecule has 1 aliphatic rings. The van der Waals surface area contributed by atoms with E-state index in [4.69, 9.17) is 0 Å². The summed E-state index contributed by atoms with van der Waals surface area (Å²) in [4.78, 5) is 26.0. The number of sulfonamides is 1. The SMILES string of the molecule is CC(C)(C)NC(=O)Nc1cccc(C(=O)N2CCC(NS(=O)(=O)c3ccc(-c4ccccc4)cc3C(F)(F)F)CC2)c1. The van der Waals surface area contributed by atoms with Crippen molar-refractivity contribution in [3.63, 3.8) is 0 Å². The number of halogens is 3. The van der Waals surface area contributed by atoms with Crippen LogP contribution in [0, 0.1) is 0 Å². The number of carbonyl (C=O) groups excluding carboxylic acids is 2. The van der Waals surface area contributed by atoms with E-state index in [1.54, 1.807) is 59.5 Å². The van der Waals surface area contributed by atoms with Gasteiger partial charge in [-0.25, -0.2) is 17.9 Å². The zero-order valence-corrected chi connectivity index (χ0v) is 24.3. The van der Waals surface area contributed by atoms with Gasteiger partial charge in [0.15, 0.2) is 0 Å². The van der Waals surface area contributed by atoms with Crippen molar-refractivity contribution in [3.05, 3.63) is 83.9 Å². The lowest BCUT2D eigenvalue weighted by Gasteiger charge is -2.32. The average Bonchev–Trinajstić information content (AvgIpc) is 2.91. The van der Waals surface area contributed by atoms with Gasteiger partial charge in [0.2, 0.25) is 10.0 Å². The molecule has 3 aromatic carbocycles. The van der Waals surface area contributed by atoms with E-state index in [1.165, 1.54) is 6.07 Å². The van der Waals surface area contributed by atoms with E-state index < -0.39 is 44.3 Å². The van der Waals surface area contributed by atoms with Crippen LogP contribution in [-0.2, 0) is 16.2 Å². The van der Waals surface area contributed by atoms with Crippen LogP contribution in [0.3, 0.4) is 0 Å². The molecule has 0 atom stereocenters. The molecule has 3 aromatic rings. The molecule has 1 heterocycles. The molecule has 224 valence electrons. The quantitative estimate of drug-likeness (QED) is 0.328. The molecule has 0 saturated carbocycles. The minimum absolute atomic E-state index is 0.202. The standard InChI is InChI=1S/C30H33F3N4O4S/c1-29(2,3)35-28(39)34-24-11-7-10-22(18-24)27(38)37-16-14-23(15-17-37)36-42(40,41)26-13-12-21(19-25(26)30(31,32)33)20-8-5-4-6-9-20/h4-13,18-19,23,36H,14-17H2,1-3H3,(H2,34,35,39). The topological polar surface area (TPSA) is 108 Å². The molecule has 0 spiro atoms. The van der Waals surface area contributed by atoms with E-state index in [0.29, 0.717) is 16.8 Å². The van der Waals surface area contributed by atoms with Crippen molar-refractivity contribution in [3.8, 4) is 11.1 Å². The van der Waals surface area contributed by atoms with Crippen molar-refractivity contribution in [2.24, 2.45) is 0 Å². The largest absolute Gasteiger partial charge is 0.417 e. The zero-order valence-electron chi connectivity index (χ0n) is 23.5. The molecule has 4 rings (SSSR count). The Morgan fingerprint density at radius 1 is 0.857 bits per heavy atom. The maximum Gasteiger partial charge on any atom is 0.417 e. The van der Waals surface area contributed by atoms with Crippen LogP contribution in [-0.4, -0.2) is 49.9 Å². The van der Waals surface area contributed by atoms with Crippen molar-refractivity contribution in [2.75, 3.05) is 18.4 Å². The zero-order chi connectivity index (χ0) is 30.7. The Hall–Kier alpha value is -3.90. The molecule has 0 bridgehead atoms. The van der Waals surface area contributed by atoms with Gasteiger partial charge in [-0.2, -0.15) is 13.2 Å². The Labute approximate surface area is 243 Å². The first-order chi connectivity index (χ1) is 19.6. The first-order valence-electron chi connectivity index (χ1n) is 13.4. The minimum atomic E-state index is -4.89. The van der Waals surface area contributed by atoms with Gasteiger partial charge in [-0.15, -0.1) is 0 Å². The summed E-state index contributed by atoms with van der Waals surface area (Å²) in [5.74, 6) is -0.299. The van der Waals surface area contributed by atoms with Crippen molar-refractivity contribution in [1.29, 1.82) is 0 Å². The Morgan fingerprint density at radius 2 is 1.52 bits per heavy atom. The predicted octanol–water partition coefficient (Wildman–Crippen LogP) is 5.88. The van der Waals surface area contributed by atoms with Crippen LogP contribution < -0.4 is 15.4 Å².